The van der Waals surface area contributed by atoms with Gasteiger partial charge in [0.05, 0.1) is 0 Å². The third kappa shape index (κ3) is 3.32. The summed E-state index contributed by atoms with van der Waals surface area (Å²) < 4.78 is 0. The van der Waals surface area contributed by atoms with Crippen LogP contribution in [0.3, 0.4) is 0 Å². The molecule has 1 aliphatic heterocycles. The van der Waals surface area contributed by atoms with Crippen LogP contribution in [0.25, 0.3) is 21.9 Å². The fraction of sp³-hybridized carbons (Fsp3) is 0.167. The van der Waals surface area contributed by atoms with E-state index < -0.39 is 0 Å². The molecule has 0 bridgehead atoms. The maximum Gasteiger partial charge on any atom is 0.353 e. The summed E-state index contributed by atoms with van der Waals surface area (Å²) in [5, 5.41) is 2.53. The zero-order valence-electron chi connectivity index (χ0n) is 12.9. The fourth-order valence-corrected chi connectivity index (χ4v) is 2.89. The molecule has 3 nitrogen and oxygen atoms in total. The predicted molar refractivity (Wildman–Crippen MR) is 92.9 cm³/mol. The molecule has 5 heteroatoms. The SMILES string of the molecule is CN1[B]N(c2ccc(-c3ccc4ccccc4c3)cn2)CC1.[Ir]. The van der Waals surface area contributed by atoms with E-state index in [9.17, 15) is 0 Å². The average Bonchev–Trinajstić information content (AvgIpc) is 3.01. The summed E-state index contributed by atoms with van der Waals surface area (Å²) in [6.07, 6.45) is 1.96. The van der Waals surface area contributed by atoms with Crippen molar-refractivity contribution in [2.75, 3.05) is 24.9 Å². The van der Waals surface area contributed by atoms with Gasteiger partial charge in [-0.1, -0.05) is 36.4 Å². The van der Waals surface area contributed by atoms with Crippen LogP contribution in [0.1, 0.15) is 0 Å². The molecule has 2 aromatic carbocycles. The number of fused-ring (bicyclic) bond motifs is 1. The quantitative estimate of drug-likeness (QED) is 0.528. The molecule has 1 saturated heterocycles. The van der Waals surface area contributed by atoms with E-state index in [-0.39, 0.29) is 20.1 Å². The van der Waals surface area contributed by atoms with Gasteiger partial charge in [-0.2, -0.15) is 0 Å². The monoisotopic (exact) mass is 479 g/mol. The first-order chi connectivity index (χ1) is 10.8. The summed E-state index contributed by atoms with van der Waals surface area (Å²) in [5.41, 5.74) is 2.36. The zero-order chi connectivity index (χ0) is 14.9. The zero-order valence-corrected chi connectivity index (χ0v) is 15.3. The molecule has 116 valence electrons. The Hall–Kier alpha value is -1.68. The molecule has 0 unspecified atom stereocenters. The first kappa shape index (κ1) is 16.2. The standard InChI is InChI=1S/C18H17BN3.Ir/c1-21-10-11-22(19-21)18-9-8-17(13-20-18)16-7-6-14-4-2-3-5-15(14)12-16;/h2-9,12-13H,10-11H2,1H3;. The maximum atomic E-state index is 4.62. The molecule has 0 spiro atoms. The van der Waals surface area contributed by atoms with E-state index in [1.807, 2.05) is 6.20 Å². The largest absolute Gasteiger partial charge is 0.388 e. The van der Waals surface area contributed by atoms with Gasteiger partial charge in [-0.05, 0) is 41.6 Å². The van der Waals surface area contributed by atoms with Crippen molar-refractivity contribution in [1.82, 2.24) is 9.79 Å². The van der Waals surface area contributed by atoms with Gasteiger partial charge in [0.25, 0.3) is 0 Å². The normalized spacial score (nSPS) is 14.6. The number of hydrogen-bond acceptors (Lipinski definition) is 3. The van der Waals surface area contributed by atoms with E-state index in [0.29, 0.717) is 0 Å². The third-order valence-corrected chi connectivity index (χ3v) is 4.16. The van der Waals surface area contributed by atoms with Crippen molar-refractivity contribution in [2.45, 2.75) is 0 Å². The fourth-order valence-electron chi connectivity index (χ4n) is 2.89. The van der Waals surface area contributed by atoms with Crippen LogP contribution in [0.2, 0.25) is 0 Å². The molecule has 1 fully saturated rings. The van der Waals surface area contributed by atoms with Crippen molar-refractivity contribution in [3.8, 4) is 11.1 Å². The van der Waals surface area contributed by atoms with Crippen molar-refractivity contribution >= 4 is 24.1 Å². The second-order valence-corrected chi connectivity index (χ2v) is 5.76. The molecular formula is C18H17BIrN3. The Morgan fingerprint density at radius 3 is 2.39 bits per heavy atom. The van der Waals surface area contributed by atoms with Crippen molar-refractivity contribution in [1.29, 1.82) is 0 Å². The van der Waals surface area contributed by atoms with E-state index in [1.165, 1.54) is 16.3 Å². The number of benzene rings is 2. The number of anilines is 1. The Bertz CT molecular complexity index is 807. The molecule has 23 heavy (non-hydrogen) atoms. The molecule has 1 aliphatic rings. The predicted octanol–water partition coefficient (Wildman–Crippen LogP) is 3.19. The van der Waals surface area contributed by atoms with Gasteiger partial charge in [0.1, 0.15) is 5.82 Å². The van der Waals surface area contributed by atoms with Gasteiger partial charge in [0.15, 0.2) is 0 Å². The molecule has 0 amide bonds. The Balaban J connectivity index is 0.00000156. The number of aromatic nitrogens is 1. The van der Waals surface area contributed by atoms with E-state index in [1.54, 1.807) is 0 Å². The summed E-state index contributed by atoms with van der Waals surface area (Å²) in [6.45, 7) is 2.05. The van der Waals surface area contributed by atoms with Gasteiger partial charge in [0.2, 0.25) is 0 Å². The number of pyridine rings is 1. The molecule has 3 aromatic rings. The summed E-state index contributed by atoms with van der Waals surface area (Å²) >= 11 is 0. The van der Waals surface area contributed by atoms with Crippen LogP contribution in [-0.4, -0.2) is 37.5 Å². The molecule has 1 aromatic heterocycles. The second-order valence-electron chi connectivity index (χ2n) is 5.76. The summed E-state index contributed by atoms with van der Waals surface area (Å²) in [5.74, 6) is 1.01. The first-order valence-corrected chi connectivity index (χ1v) is 7.57. The van der Waals surface area contributed by atoms with Crippen LogP contribution in [0.15, 0.2) is 60.8 Å². The molecule has 0 atom stereocenters. The maximum absolute atomic E-state index is 4.62. The minimum Gasteiger partial charge on any atom is -0.388 e. The van der Waals surface area contributed by atoms with Crippen LogP contribution >= 0.6 is 0 Å². The molecular weight excluding hydrogens is 461 g/mol. The molecule has 0 aliphatic carbocycles. The third-order valence-electron chi connectivity index (χ3n) is 4.16. The van der Waals surface area contributed by atoms with E-state index in [2.05, 4.69) is 83.8 Å². The Morgan fingerprint density at radius 1 is 0.913 bits per heavy atom. The summed E-state index contributed by atoms with van der Waals surface area (Å²) in [4.78, 5) is 8.98. The number of hydrogen-bond donors (Lipinski definition) is 0. The number of rotatable bonds is 2. The van der Waals surface area contributed by atoms with Crippen molar-refractivity contribution in [3.63, 3.8) is 0 Å². The van der Waals surface area contributed by atoms with Crippen molar-refractivity contribution < 1.29 is 20.1 Å². The summed E-state index contributed by atoms with van der Waals surface area (Å²) in [7, 11) is 4.20. The molecule has 2 heterocycles. The van der Waals surface area contributed by atoms with Crippen molar-refractivity contribution in [3.05, 3.63) is 60.8 Å². The van der Waals surface area contributed by atoms with Crippen LogP contribution < -0.4 is 4.81 Å². The van der Waals surface area contributed by atoms with Gasteiger partial charge in [0, 0.05) is 45.0 Å². The van der Waals surface area contributed by atoms with Gasteiger partial charge >= 0.3 is 7.55 Å². The molecule has 2 radical (unpaired) electrons. The van der Waals surface area contributed by atoms with Gasteiger partial charge in [-0.25, -0.2) is 4.98 Å². The Labute approximate surface area is 151 Å². The van der Waals surface area contributed by atoms with Crippen LogP contribution in [0.4, 0.5) is 5.82 Å². The van der Waals surface area contributed by atoms with Crippen LogP contribution in [-0.2, 0) is 20.1 Å². The topological polar surface area (TPSA) is 19.4 Å². The van der Waals surface area contributed by atoms with Gasteiger partial charge < -0.3 is 9.62 Å². The second kappa shape index (κ2) is 6.83. The average molecular weight is 478 g/mol. The Kier molecular flexibility index (Phi) is 4.81. The van der Waals surface area contributed by atoms with Crippen LogP contribution in [0.5, 0.6) is 0 Å². The van der Waals surface area contributed by atoms with Gasteiger partial charge in [-0.15, -0.1) is 0 Å². The van der Waals surface area contributed by atoms with E-state index in [0.717, 1.165) is 24.5 Å². The summed E-state index contributed by atoms with van der Waals surface area (Å²) in [6, 6.07) is 19.2. The van der Waals surface area contributed by atoms with Gasteiger partial charge in [-0.3, -0.25) is 0 Å². The molecule has 0 N–H and O–H groups in total. The first-order valence-electron chi connectivity index (χ1n) is 7.57. The number of nitrogens with zero attached hydrogens (tertiary/aromatic N) is 3. The Morgan fingerprint density at radius 2 is 1.70 bits per heavy atom. The number of likely N-dealkylation sites (N-methyl/N-ethyl adjacent to an activating group) is 1. The van der Waals surface area contributed by atoms with E-state index >= 15 is 0 Å². The smallest absolute Gasteiger partial charge is 0.353 e. The van der Waals surface area contributed by atoms with E-state index in [4.69, 9.17) is 0 Å². The molecule has 0 saturated carbocycles. The van der Waals surface area contributed by atoms with Crippen LogP contribution in [0, 0.1) is 0 Å². The minimum absolute atomic E-state index is 0. The minimum atomic E-state index is 0. The molecule has 4 rings (SSSR count). The van der Waals surface area contributed by atoms with Crippen molar-refractivity contribution in [2.24, 2.45) is 0 Å².